The maximum absolute atomic E-state index is 10.6. The molecule has 4 saturated carbocycles. The van der Waals surface area contributed by atoms with Crippen molar-refractivity contribution in [3.8, 4) is 0 Å². The summed E-state index contributed by atoms with van der Waals surface area (Å²) in [5.41, 5.74) is 1.10. The third kappa shape index (κ3) is 1.50. The van der Waals surface area contributed by atoms with Crippen LogP contribution in [0.5, 0.6) is 0 Å². The van der Waals surface area contributed by atoms with Gasteiger partial charge in [-0.2, -0.15) is 0 Å². The first-order valence-electron chi connectivity index (χ1n) is 7.12. The molecule has 0 amide bonds. The summed E-state index contributed by atoms with van der Waals surface area (Å²) in [6, 6.07) is 2.04. The largest absolute Gasteiger partial charge is 0.388 e. The van der Waals surface area contributed by atoms with Crippen LogP contribution < -0.4 is 0 Å². The quantitative estimate of drug-likeness (QED) is 0.806. The maximum atomic E-state index is 10.6. The molecule has 4 aliphatic rings. The van der Waals surface area contributed by atoms with Crippen LogP contribution in [0.4, 0.5) is 0 Å². The number of hydrogen-bond donors (Lipinski definition) is 2. The van der Waals surface area contributed by atoms with Gasteiger partial charge in [-0.1, -0.05) is 0 Å². The van der Waals surface area contributed by atoms with Gasteiger partial charge in [-0.15, -0.1) is 0 Å². The van der Waals surface area contributed by atoms with E-state index in [-0.39, 0.29) is 6.10 Å². The van der Waals surface area contributed by atoms with Gasteiger partial charge in [-0.25, -0.2) is 0 Å². The summed E-state index contributed by atoms with van der Waals surface area (Å²) in [6.45, 7) is 0. The normalized spacial score (nSPS) is 45.1. The molecule has 1 aromatic heterocycles. The summed E-state index contributed by atoms with van der Waals surface area (Å²) in [5, 5.41) is 10.6. The Kier molecular flexibility index (Phi) is 2.17. The van der Waals surface area contributed by atoms with Gasteiger partial charge in [0.15, 0.2) is 0 Å². The second-order valence-electron chi connectivity index (χ2n) is 6.60. The molecule has 0 aromatic carbocycles. The minimum absolute atomic E-state index is 0.226. The lowest BCUT2D eigenvalue weighted by Crippen LogP contribution is -2.47. The molecule has 1 aromatic rings. The van der Waals surface area contributed by atoms with E-state index < -0.39 is 0 Å². The van der Waals surface area contributed by atoms with E-state index in [2.05, 4.69) is 4.98 Å². The van der Waals surface area contributed by atoms with Crippen LogP contribution in [0.1, 0.15) is 43.8 Å². The fourth-order valence-electron chi connectivity index (χ4n) is 5.23. The van der Waals surface area contributed by atoms with Gasteiger partial charge in [0.25, 0.3) is 0 Å². The molecule has 1 atom stereocenters. The number of aromatic amines is 1. The van der Waals surface area contributed by atoms with E-state index in [0.717, 1.165) is 29.2 Å². The average Bonchev–Trinajstić information content (AvgIpc) is 2.80. The molecule has 5 rings (SSSR count). The molecule has 17 heavy (non-hydrogen) atoms. The highest BCUT2D eigenvalue weighted by atomic mass is 16.3. The van der Waals surface area contributed by atoms with E-state index in [4.69, 9.17) is 0 Å². The fourth-order valence-corrected chi connectivity index (χ4v) is 5.23. The molecule has 0 spiro atoms. The predicted molar refractivity (Wildman–Crippen MR) is 66.3 cm³/mol. The molecule has 0 saturated heterocycles. The standard InChI is InChI=1S/C15H21NO/c17-15(11-1-2-16-8-11)14-12-4-9-3-10(6-12)7-13(14)5-9/h1-2,8-10,12-17H,3-7H2. The van der Waals surface area contributed by atoms with Crippen LogP contribution in [0.2, 0.25) is 0 Å². The van der Waals surface area contributed by atoms with Crippen molar-refractivity contribution in [1.82, 2.24) is 4.98 Å². The van der Waals surface area contributed by atoms with E-state index in [1.54, 1.807) is 0 Å². The van der Waals surface area contributed by atoms with Crippen molar-refractivity contribution in [3.63, 3.8) is 0 Å². The summed E-state index contributed by atoms with van der Waals surface area (Å²) in [7, 11) is 0. The Bertz CT molecular complexity index is 369. The summed E-state index contributed by atoms with van der Waals surface area (Å²) in [5.74, 6) is 4.13. The molecule has 4 aliphatic carbocycles. The molecule has 0 radical (unpaired) electrons. The van der Waals surface area contributed by atoms with Crippen molar-refractivity contribution >= 4 is 0 Å². The molecule has 1 unspecified atom stereocenters. The monoisotopic (exact) mass is 231 g/mol. The Morgan fingerprint density at radius 2 is 1.71 bits per heavy atom. The molecule has 2 heteroatoms. The van der Waals surface area contributed by atoms with Crippen LogP contribution in [0.25, 0.3) is 0 Å². The molecule has 2 nitrogen and oxygen atoms in total. The van der Waals surface area contributed by atoms with Gasteiger partial charge in [0.1, 0.15) is 0 Å². The second-order valence-corrected chi connectivity index (χ2v) is 6.60. The number of H-pyrrole nitrogens is 1. The van der Waals surface area contributed by atoms with E-state index in [1.807, 2.05) is 18.5 Å². The van der Waals surface area contributed by atoms with Crippen molar-refractivity contribution in [2.45, 2.75) is 38.2 Å². The van der Waals surface area contributed by atoms with Crippen LogP contribution in [0.15, 0.2) is 18.5 Å². The fraction of sp³-hybridized carbons (Fsp3) is 0.733. The highest BCUT2D eigenvalue weighted by molar-refractivity contribution is 5.15. The van der Waals surface area contributed by atoms with Gasteiger partial charge in [-0.05, 0) is 73.3 Å². The third-order valence-corrected chi connectivity index (χ3v) is 5.63. The Morgan fingerprint density at radius 1 is 1.06 bits per heavy atom. The van der Waals surface area contributed by atoms with E-state index in [1.165, 1.54) is 32.1 Å². The van der Waals surface area contributed by atoms with Crippen LogP contribution in [-0.4, -0.2) is 10.1 Å². The zero-order chi connectivity index (χ0) is 11.4. The zero-order valence-electron chi connectivity index (χ0n) is 10.2. The van der Waals surface area contributed by atoms with Crippen molar-refractivity contribution in [2.75, 3.05) is 0 Å². The minimum Gasteiger partial charge on any atom is -0.388 e. The van der Waals surface area contributed by atoms with E-state index in [9.17, 15) is 5.11 Å². The van der Waals surface area contributed by atoms with Crippen molar-refractivity contribution in [1.29, 1.82) is 0 Å². The average molecular weight is 231 g/mol. The molecular weight excluding hydrogens is 210 g/mol. The first-order chi connectivity index (χ1) is 8.31. The van der Waals surface area contributed by atoms with Crippen LogP contribution >= 0.6 is 0 Å². The van der Waals surface area contributed by atoms with Gasteiger partial charge in [0.2, 0.25) is 0 Å². The molecular formula is C15H21NO. The van der Waals surface area contributed by atoms with Gasteiger partial charge < -0.3 is 10.1 Å². The highest BCUT2D eigenvalue weighted by Gasteiger charge is 2.50. The molecule has 2 N–H and O–H groups in total. The summed E-state index contributed by atoms with van der Waals surface area (Å²) >= 11 is 0. The van der Waals surface area contributed by atoms with Crippen molar-refractivity contribution in [2.24, 2.45) is 29.6 Å². The number of rotatable bonds is 2. The lowest BCUT2D eigenvalue weighted by atomic mass is 9.50. The van der Waals surface area contributed by atoms with Gasteiger partial charge in [0.05, 0.1) is 6.10 Å². The SMILES string of the molecule is OC(c1cc[nH]c1)C1C2CC3CC(C2)CC1C3. The Morgan fingerprint density at radius 3 is 2.24 bits per heavy atom. The summed E-state index contributed by atoms with van der Waals surface area (Å²) in [6.07, 6.45) is 10.7. The summed E-state index contributed by atoms with van der Waals surface area (Å²) < 4.78 is 0. The first-order valence-corrected chi connectivity index (χ1v) is 7.12. The summed E-state index contributed by atoms with van der Waals surface area (Å²) in [4.78, 5) is 3.07. The highest BCUT2D eigenvalue weighted by Crippen LogP contribution is 2.59. The number of aromatic nitrogens is 1. The van der Waals surface area contributed by atoms with Gasteiger partial charge in [-0.3, -0.25) is 0 Å². The Hall–Kier alpha value is -0.760. The van der Waals surface area contributed by atoms with Crippen LogP contribution in [0, 0.1) is 29.6 Å². The predicted octanol–water partition coefficient (Wildman–Crippen LogP) is 3.12. The van der Waals surface area contributed by atoms with Crippen LogP contribution in [0.3, 0.4) is 0 Å². The lowest BCUT2D eigenvalue weighted by molar-refractivity contribution is -0.0907. The van der Waals surface area contributed by atoms with Crippen LogP contribution in [-0.2, 0) is 0 Å². The van der Waals surface area contributed by atoms with Crippen molar-refractivity contribution < 1.29 is 5.11 Å². The molecule has 0 aliphatic heterocycles. The smallest absolute Gasteiger partial charge is 0.0838 e. The number of nitrogens with one attached hydrogen (secondary N) is 1. The van der Waals surface area contributed by atoms with Gasteiger partial charge in [0, 0.05) is 12.4 Å². The van der Waals surface area contributed by atoms with Crippen molar-refractivity contribution in [3.05, 3.63) is 24.0 Å². The third-order valence-electron chi connectivity index (χ3n) is 5.63. The number of aliphatic hydroxyl groups is 1. The zero-order valence-corrected chi connectivity index (χ0v) is 10.2. The lowest BCUT2D eigenvalue weighted by Gasteiger charge is -2.55. The molecule has 4 fully saturated rings. The number of aliphatic hydroxyl groups excluding tert-OH is 1. The Balaban J connectivity index is 1.62. The Labute approximate surface area is 102 Å². The topological polar surface area (TPSA) is 36.0 Å². The van der Waals surface area contributed by atoms with E-state index >= 15 is 0 Å². The second kappa shape index (κ2) is 3.61. The van der Waals surface area contributed by atoms with E-state index in [0.29, 0.717) is 5.92 Å². The molecule has 92 valence electrons. The molecule has 1 heterocycles. The minimum atomic E-state index is -0.226. The first kappa shape index (κ1) is 10.2. The molecule has 4 bridgehead atoms. The number of hydrogen-bond acceptors (Lipinski definition) is 1. The maximum Gasteiger partial charge on any atom is 0.0838 e. The van der Waals surface area contributed by atoms with Gasteiger partial charge >= 0.3 is 0 Å².